The molecule has 0 aliphatic heterocycles. The summed E-state index contributed by atoms with van der Waals surface area (Å²) in [6.07, 6.45) is 3.40. The SMILES string of the molecule is CNC(=O)Cc1cccc(NC(=O)c2c(C)cc(C3CCC3)oc2=O)c1. The molecule has 1 heterocycles. The van der Waals surface area contributed by atoms with Crippen molar-refractivity contribution in [3.05, 3.63) is 63.2 Å². The summed E-state index contributed by atoms with van der Waals surface area (Å²) >= 11 is 0. The standard InChI is InChI=1S/C20H22N2O4/c1-12-9-16(14-6-4-7-14)26-20(25)18(12)19(24)22-15-8-3-5-13(10-15)11-17(23)21-2/h3,5,8-10,14H,4,6-7,11H2,1-2H3,(H,21,23)(H,22,24). The first-order valence-corrected chi connectivity index (χ1v) is 8.73. The van der Waals surface area contributed by atoms with Gasteiger partial charge in [0.1, 0.15) is 11.3 Å². The van der Waals surface area contributed by atoms with E-state index >= 15 is 0 Å². The van der Waals surface area contributed by atoms with Crippen LogP contribution in [0.4, 0.5) is 5.69 Å². The summed E-state index contributed by atoms with van der Waals surface area (Å²) in [6, 6.07) is 8.78. The Bertz CT molecular complexity index is 897. The zero-order valence-electron chi connectivity index (χ0n) is 14.9. The third-order valence-electron chi connectivity index (χ3n) is 4.73. The third-order valence-corrected chi connectivity index (χ3v) is 4.73. The van der Waals surface area contributed by atoms with Gasteiger partial charge < -0.3 is 15.1 Å². The number of likely N-dealkylation sites (N-methyl/N-ethyl adjacent to an activating group) is 1. The maximum absolute atomic E-state index is 12.6. The van der Waals surface area contributed by atoms with Gasteiger partial charge in [-0.1, -0.05) is 18.6 Å². The summed E-state index contributed by atoms with van der Waals surface area (Å²) in [5.74, 6) is 0.341. The number of carbonyl (C=O) groups excluding carboxylic acids is 2. The molecular weight excluding hydrogens is 332 g/mol. The molecule has 0 radical (unpaired) electrons. The van der Waals surface area contributed by atoms with Crippen LogP contribution in [-0.2, 0) is 11.2 Å². The number of benzene rings is 1. The lowest BCUT2D eigenvalue weighted by atomic mass is 9.83. The summed E-state index contributed by atoms with van der Waals surface area (Å²) in [7, 11) is 1.57. The summed E-state index contributed by atoms with van der Waals surface area (Å²) in [5.41, 5.74) is 1.32. The van der Waals surface area contributed by atoms with E-state index in [4.69, 9.17) is 4.42 Å². The molecule has 2 aromatic rings. The highest BCUT2D eigenvalue weighted by Gasteiger charge is 2.25. The van der Waals surface area contributed by atoms with Crippen molar-refractivity contribution in [3.8, 4) is 0 Å². The van der Waals surface area contributed by atoms with Crippen LogP contribution in [0.15, 0.2) is 39.5 Å². The number of rotatable bonds is 5. The molecular formula is C20H22N2O4. The average Bonchev–Trinajstić information content (AvgIpc) is 2.52. The highest BCUT2D eigenvalue weighted by atomic mass is 16.4. The maximum atomic E-state index is 12.6. The molecule has 136 valence electrons. The van der Waals surface area contributed by atoms with Gasteiger partial charge in [0.25, 0.3) is 5.91 Å². The molecule has 26 heavy (non-hydrogen) atoms. The number of hydrogen-bond donors (Lipinski definition) is 2. The Morgan fingerprint density at radius 1 is 1.23 bits per heavy atom. The van der Waals surface area contributed by atoms with Gasteiger partial charge in [-0.25, -0.2) is 4.79 Å². The summed E-state index contributed by atoms with van der Waals surface area (Å²) < 4.78 is 5.37. The Morgan fingerprint density at radius 2 is 2.00 bits per heavy atom. The van der Waals surface area contributed by atoms with Crippen molar-refractivity contribution in [1.29, 1.82) is 0 Å². The number of amides is 2. The molecule has 1 aliphatic rings. The Balaban J connectivity index is 1.79. The van der Waals surface area contributed by atoms with Gasteiger partial charge in [-0.05, 0) is 49.1 Å². The van der Waals surface area contributed by atoms with Crippen LogP contribution < -0.4 is 16.3 Å². The van der Waals surface area contributed by atoms with Crippen molar-refractivity contribution in [2.45, 2.75) is 38.5 Å². The number of nitrogens with one attached hydrogen (secondary N) is 2. The average molecular weight is 354 g/mol. The monoisotopic (exact) mass is 354 g/mol. The van der Waals surface area contributed by atoms with E-state index in [9.17, 15) is 14.4 Å². The summed E-state index contributed by atoms with van der Waals surface area (Å²) in [6.45, 7) is 1.75. The number of anilines is 1. The van der Waals surface area contributed by atoms with Gasteiger partial charge >= 0.3 is 5.63 Å². The second kappa shape index (κ2) is 7.56. The van der Waals surface area contributed by atoms with Crippen molar-refractivity contribution in [1.82, 2.24) is 5.32 Å². The Kier molecular flexibility index (Phi) is 5.21. The second-order valence-electron chi connectivity index (χ2n) is 6.63. The molecule has 0 atom stereocenters. The van der Waals surface area contributed by atoms with Crippen LogP contribution in [-0.4, -0.2) is 18.9 Å². The molecule has 1 aromatic carbocycles. The quantitative estimate of drug-likeness (QED) is 0.864. The van der Waals surface area contributed by atoms with Gasteiger partial charge in [-0.3, -0.25) is 9.59 Å². The van der Waals surface area contributed by atoms with E-state index in [1.807, 2.05) is 0 Å². The second-order valence-corrected chi connectivity index (χ2v) is 6.63. The van der Waals surface area contributed by atoms with E-state index in [-0.39, 0.29) is 17.9 Å². The predicted molar refractivity (Wildman–Crippen MR) is 98.5 cm³/mol. The minimum Gasteiger partial charge on any atom is -0.427 e. The van der Waals surface area contributed by atoms with Gasteiger partial charge in [0.05, 0.1) is 6.42 Å². The largest absolute Gasteiger partial charge is 0.427 e. The molecule has 1 aliphatic carbocycles. The highest BCUT2D eigenvalue weighted by Crippen LogP contribution is 2.36. The minimum absolute atomic E-state index is 0.0183. The highest BCUT2D eigenvalue weighted by molar-refractivity contribution is 6.05. The number of hydrogen-bond acceptors (Lipinski definition) is 4. The first-order chi connectivity index (χ1) is 12.5. The lowest BCUT2D eigenvalue weighted by molar-refractivity contribution is -0.119. The van der Waals surface area contributed by atoms with Crippen LogP contribution in [0, 0.1) is 6.92 Å². The predicted octanol–water partition coefficient (Wildman–Crippen LogP) is 2.76. The van der Waals surface area contributed by atoms with Crippen LogP contribution in [0.3, 0.4) is 0 Å². The zero-order chi connectivity index (χ0) is 18.7. The van der Waals surface area contributed by atoms with E-state index in [2.05, 4.69) is 10.6 Å². The first kappa shape index (κ1) is 17.9. The fourth-order valence-corrected chi connectivity index (χ4v) is 3.03. The van der Waals surface area contributed by atoms with Gasteiger partial charge in [-0.15, -0.1) is 0 Å². The fraction of sp³-hybridized carbons (Fsp3) is 0.350. The molecule has 2 N–H and O–H groups in total. The molecule has 0 saturated heterocycles. The van der Waals surface area contributed by atoms with E-state index in [0.29, 0.717) is 22.9 Å². The smallest absolute Gasteiger partial charge is 0.349 e. The lowest BCUT2D eigenvalue weighted by Crippen LogP contribution is -2.24. The molecule has 3 rings (SSSR count). The van der Waals surface area contributed by atoms with E-state index in [1.165, 1.54) is 0 Å². The minimum atomic E-state index is -0.606. The zero-order valence-corrected chi connectivity index (χ0v) is 14.9. The number of aryl methyl sites for hydroxylation is 1. The summed E-state index contributed by atoms with van der Waals surface area (Å²) in [4.78, 5) is 36.4. The van der Waals surface area contributed by atoms with Crippen LogP contribution in [0.2, 0.25) is 0 Å². The van der Waals surface area contributed by atoms with Crippen molar-refractivity contribution in [3.63, 3.8) is 0 Å². The van der Waals surface area contributed by atoms with Crippen LogP contribution in [0.25, 0.3) is 0 Å². The normalized spacial score (nSPS) is 13.8. The van der Waals surface area contributed by atoms with Gasteiger partial charge in [0.2, 0.25) is 5.91 Å². The molecule has 0 unspecified atom stereocenters. The van der Waals surface area contributed by atoms with E-state index in [0.717, 1.165) is 24.8 Å². The molecule has 2 amide bonds. The van der Waals surface area contributed by atoms with Crippen molar-refractivity contribution < 1.29 is 14.0 Å². The van der Waals surface area contributed by atoms with Crippen molar-refractivity contribution >= 4 is 17.5 Å². The fourth-order valence-electron chi connectivity index (χ4n) is 3.03. The number of carbonyl (C=O) groups is 2. The molecule has 1 aromatic heterocycles. The van der Waals surface area contributed by atoms with Crippen LogP contribution in [0.5, 0.6) is 0 Å². The lowest BCUT2D eigenvalue weighted by Gasteiger charge is -2.24. The Labute approximate surface area is 151 Å². The topological polar surface area (TPSA) is 88.4 Å². The molecule has 6 heteroatoms. The van der Waals surface area contributed by atoms with Crippen LogP contribution >= 0.6 is 0 Å². The molecule has 1 saturated carbocycles. The van der Waals surface area contributed by atoms with Crippen LogP contribution in [0.1, 0.15) is 52.4 Å². The Hall–Kier alpha value is -2.89. The van der Waals surface area contributed by atoms with Crippen molar-refractivity contribution in [2.24, 2.45) is 0 Å². The van der Waals surface area contributed by atoms with Gasteiger partial charge in [0.15, 0.2) is 0 Å². The van der Waals surface area contributed by atoms with Gasteiger partial charge in [-0.2, -0.15) is 0 Å². The van der Waals surface area contributed by atoms with E-state index < -0.39 is 11.5 Å². The van der Waals surface area contributed by atoms with Gasteiger partial charge in [0, 0.05) is 18.7 Å². The third kappa shape index (κ3) is 3.85. The molecule has 6 nitrogen and oxygen atoms in total. The van der Waals surface area contributed by atoms with Crippen molar-refractivity contribution in [2.75, 3.05) is 12.4 Å². The Morgan fingerprint density at radius 3 is 2.62 bits per heavy atom. The first-order valence-electron chi connectivity index (χ1n) is 8.73. The molecule has 0 spiro atoms. The molecule has 0 bridgehead atoms. The summed E-state index contributed by atoms with van der Waals surface area (Å²) in [5, 5.41) is 5.28. The maximum Gasteiger partial charge on any atom is 0.349 e. The van der Waals surface area contributed by atoms with E-state index in [1.54, 1.807) is 44.3 Å². The molecule has 1 fully saturated rings.